The number of aromatic amines is 1. The molecule has 2 rings (SSSR count). The molecule has 7 heteroatoms. The van der Waals surface area contributed by atoms with E-state index in [-0.39, 0.29) is 11.1 Å². The molecule has 21 heavy (non-hydrogen) atoms. The lowest BCUT2D eigenvalue weighted by atomic mass is 10.2. The molecule has 0 aliphatic rings. The minimum atomic E-state index is -0.302. The van der Waals surface area contributed by atoms with E-state index >= 15 is 0 Å². The van der Waals surface area contributed by atoms with Crippen molar-refractivity contribution in [1.29, 1.82) is 0 Å². The second-order valence-electron chi connectivity index (χ2n) is 4.39. The van der Waals surface area contributed by atoms with Crippen LogP contribution in [0.2, 0.25) is 0 Å². The fourth-order valence-electron chi connectivity index (χ4n) is 1.76. The van der Waals surface area contributed by atoms with Crippen molar-refractivity contribution in [3.8, 4) is 5.75 Å². The molecule has 0 amide bonds. The van der Waals surface area contributed by atoms with Crippen LogP contribution in [0.25, 0.3) is 0 Å². The minimum Gasteiger partial charge on any atom is -0.494 e. The first kappa shape index (κ1) is 15.0. The molecule has 2 aromatic rings. The van der Waals surface area contributed by atoms with Crippen LogP contribution in [0.1, 0.15) is 12.0 Å². The Morgan fingerprint density at radius 3 is 2.57 bits per heavy atom. The monoisotopic (exact) mass is 305 g/mol. The van der Waals surface area contributed by atoms with Crippen molar-refractivity contribution in [2.24, 2.45) is 5.73 Å². The highest BCUT2D eigenvalue weighted by Gasteiger charge is 1.99. The van der Waals surface area contributed by atoms with Gasteiger partial charge in [-0.15, -0.1) is 0 Å². The highest BCUT2D eigenvalue weighted by molar-refractivity contribution is 7.80. The number of nitrogens with two attached hydrogens (primary N) is 1. The van der Waals surface area contributed by atoms with Gasteiger partial charge in [0.2, 0.25) is 0 Å². The average Bonchev–Trinajstić information content (AvgIpc) is 2.47. The Hall–Kier alpha value is -2.41. The maximum absolute atomic E-state index is 11.5. The Labute approximate surface area is 126 Å². The molecule has 1 heterocycles. The van der Waals surface area contributed by atoms with Crippen LogP contribution < -0.4 is 21.6 Å². The number of H-pyrrole nitrogens is 1. The molecule has 6 nitrogen and oxygen atoms in total. The van der Waals surface area contributed by atoms with Crippen LogP contribution in [-0.4, -0.2) is 21.4 Å². The van der Waals surface area contributed by atoms with Gasteiger partial charge in [0.05, 0.1) is 6.61 Å². The molecule has 1 aromatic heterocycles. The summed E-state index contributed by atoms with van der Waals surface area (Å²) in [6.45, 7) is 0.815. The molecule has 1 aromatic carbocycles. The molecular formula is C14H15N3O3S. The summed E-state index contributed by atoms with van der Waals surface area (Å²) in [5, 5.41) is 2.46. The number of thiocarbonyl (C=S) groups is 1. The Morgan fingerprint density at radius 2 is 1.90 bits per heavy atom. The normalized spacial score (nSPS) is 10.3. The molecule has 0 aliphatic heterocycles. The molecule has 0 aliphatic carbocycles. The van der Waals surface area contributed by atoms with E-state index in [0.717, 1.165) is 5.56 Å². The van der Waals surface area contributed by atoms with Crippen LogP contribution in [-0.2, 0) is 6.54 Å². The van der Waals surface area contributed by atoms with Gasteiger partial charge in [-0.25, -0.2) is 0 Å². The van der Waals surface area contributed by atoms with E-state index < -0.39 is 0 Å². The second-order valence-corrected chi connectivity index (χ2v) is 4.83. The quantitative estimate of drug-likeness (QED) is 0.604. The summed E-state index contributed by atoms with van der Waals surface area (Å²) in [6, 6.07) is 9.59. The fourth-order valence-corrected chi connectivity index (χ4v) is 1.89. The molecule has 110 valence electrons. The van der Waals surface area contributed by atoms with E-state index in [1.165, 1.54) is 16.8 Å². The van der Waals surface area contributed by atoms with E-state index in [4.69, 9.17) is 22.7 Å². The van der Waals surface area contributed by atoms with Crippen LogP contribution in [0.3, 0.4) is 0 Å². The smallest absolute Gasteiger partial charge is 0.265 e. The number of aryl methyl sites for hydroxylation is 1. The van der Waals surface area contributed by atoms with Gasteiger partial charge in [0.15, 0.2) is 0 Å². The van der Waals surface area contributed by atoms with Gasteiger partial charge in [-0.1, -0.05) is 12.2 Å². The number of hydrogen-bond donors (Lipinski definition) is 2. The SMILES string of the molecule is NC(=S)c1ccc(OCCCn2[nH]c(=O)ccc2=O)cc1. The maximum atomic E-state index is 11.5. The molecular weight excluding hydrogens is 290 g/mol. The summed E-state index contributed by atoms with van der Waals surface area (Å²) in [6.07, 6.45) is 0.594. The zero-order valence-electron chi connectivity index (χ0n) is 11.2. The Balaban J connectivity index is 1.84. The van der Waals surface area contributed by atoms with Crippen molar-refractivity contribution in [3.63, 3.8) is 0 Å². The lowest BCUT2D eigenvalue weighted by Gasteiger charge is -2.08. The third kappa shape index (κ3) is 4.28. The van der Waals surface area contributed by atoms with Crippen molar-refractivity contribution in [1.82, 2.24) is 9.78 Å². The van der Waals surface area contributed by atoms with Crippen LogP contribution in [0.15, 0.2) is 46.0 Å². The summed E-state index contributed by atoms with van der Waals surface area (Å²) >= 11 is 4.86. The van der Waals surface area contributed by atoms with Crippen molar-refractivity contribution >= 4 is 17.2 Å². The molecule has 0 atom stereocenters. The van der Waals surface area contributed by atoms with Gasteiger partial charge >= 0.3 is 0 Å². The predicted octanol–water partition coefficient (Wildman–Crippen LogP) is 0.640. The van der Waals surface area contributed by atoms with E-state index in [2.05, 4.69) is 5.10 Å². The Morgan fingerprint density at radius 1 is 1.19 bits per heavy atom. The molecule has 0 fully saturated rings. The molecule has 0 saturated heterocycles. The molecule has 0 bridgehead atoms. The lowest BCUT2D eigenvalue weighted by Crippen LogP contribution is -2.28. The van der Waals surface area contributed by atoms with Crippen LogP contribution in [0.5, 0.6) is 5.75 Å². The summed E-state index contributed by atoms with van der Waals surface area (Å²) in [5.41, 5.74) is 5.75. The number of nitrogens with zero attached hydrogens (tertiary/aromatic N) is 1. The minimum absolute atomic E-state index is 0.240. The first-order chi connectivity index (χ1) is 10.1. The van der Waals surface area contributed by atoms with Gasteiger partial charge in [0.1, 0.15) is 10.7 Å². The second kappa shape index (κ2) is 6.85. The molecule has 3 N–H and O–H groups in total. The number of nitrogens with one attached hydrogen (secondary N) is 1. The summed E-state index contributed by atoms with van der Waals surface area (Å²) in [7, 11) is 0. The lowest BCUT2D eigenvalue weighted by molar-refractivity contribution is 0.296. The Kier molecular flexibility index (Phi) is 4.89. The van der Waals surface area contributed by atoms with Crippen molar-refractivity contribution < 1.29 is 4.74 Å². The Bertz CT molecular complexity index is 734. The highest BCUT2D eigenvalue weighted by atomic mass is 32.1. The number of benzene rings is 1. The number of ether oxygens (including phenoxy) is 1. The average molecular weight is 305 g/mol. The summed E-state index contributed by atoms with van der Waals surface area (Å²) in [4.78, 5) is 22.9. The molecule has 0 saturated carbocycles. The van der Waals surface area contributed by atoms with Gasteiger partial charge < -0.3 is 10.5 Å². The first-order valence-corrected chi connectivity index (χ1v) is 6.80. The van der Waals surface area contributed by atoms with Crippen molar-refractivity contribution in [3.05, 3.63) is 62.7 Å². The van der Waals surface area contributed by atoms with E-state index in [0.29, 0.717) is 30.3 Å². The zero-order valence-corrected chi connectivity index (χ0v) is 12.1. The highest BCUT2D eigenvalue weighted by Crippen LogP contribution is 2.12. The van der Waals surface area contributed by atoms with E-state index in [1.807, 2.05) is 0 Å². The predicted molar refractivity (Wildman–Crippen MR) is 83.8 cm³/mol. The summed E-state index contributed by atoms with van der Waals surface area (Å²) < 4.78 is 6.81. The fraction of sp³-hybridized carbons (Fsp3) is 0.214. The third-order valence-electron chi connectivity index (χ3n) is 2.82. The number of aromatic nitrogens is 2. The number of hydrogen-bond acceptors (Lipinski definition) is 4. The number of rotatable bonds is 6. The largest absolute Gasteiger partial charge is 0.494 e. The van der Waals surface area contributed by atoms with Gasteiger partial charge in [0.25, 0.3) is 11.1 Å². The molecule has 0 spiro atoms. The molecule has 0 radical (unpaired) electrons. The maximum Gasteiger partial charge on any atom is 0.265 e. The topological polar surface area (TPSA) is 90.1 Å². The zero-order chi connectivity index (χ0) is 15.2. The van der Waals surface area contributed by atoms with Crippen LogP contribution in [0, 0.1) is 0 Å². The van der Waals surface area contributed by atoms with E-state index in [1.54, 1.807) is 24.3 Å². The van der Waals surface area contributed by atoms with Crippen molar-refractivity contribution in [2.45, 2.75) is 13.0 Å². The van der Waals surface area contributed by atoms with Gasteiger partial charge in [-0.05, 0) is 24.3 Å². The van der Waals surface area contributed by atoms with Gasteiger partial charge in [-0.2, -0.15) is 0 Å². The standard InChI is InChI=1S/C14H15N3O3S/c15-14(21)10-2-4-11(5-3-10)20-9-1-8-17-13(19)7-6-12(18)16-17/h2-7H,1,8-9H2,(H2,15,21)(H,16,18). The summed E-state index contributed by atoms with van der Waals surface area (Å²) in [5.74, 6) is 0.698. The van der Waals surface area contributed by atoms with Crippen molar-refractivity contribution in [2.75, 3.05) is 6.61 Å². The van der Waals surface area contributed by atoms with E-state index in [9.17, 15) is 9.59 Å². The first-order valence-electron chi connectivity index (χ1n) is 6.39. The molecule has 0 unspecified atom stereocenters. The van der Waals surface area contributed by atoms with Crippen LogP contribution in [0.4, 0.5) is 0 Å². The van der Waals surface area contributed by atoms with Crippen LogP contribution >= 0.6 is 12.2 Å². The third-order valence-corrected chi connectivity index (χ3v) is 3.06. The van der Waals surface area contributed by atoms with Gasteiger partial charge in [0, 0.05) is 30.7 Å². The van der Waals surface area contributed by atoms with Gasteiger partial charge in [-0.3, -0.25) is 19.4 Å².